The number of rotatable bonds is 3. The molecule has 2 aliphatic heterocycles. The summed E-state index contributed by atoms with van der Waals surface area (Å²) in [7, 11) is 0. The molecule has 3 heterocycles. The maximum atomic E-state index is 6.11. The predicted molar refractivity (Wildman–Crippen MR) is 99.2 cm³/mol. The van der Waals surface area contributed by atoms with E-state index in [1.165, 1.54) is 62.8 Å². The molecule has 4 rings (SSSR count). The number of benzene rings is 1. The molecule has 0 bridgehead atoms. The minimum atomic E-state index is 0.806. The summed E-state index contributed by atoms with van der Waals surface area (Å²) in [6.45, 7) is 10.6. The maximum Gasteiger partial charge on any atom is 0.134 e. The average molecular weight is 326 g/mol. The van der Waals surface area contributed by atoms with Crippen LogP contribution in [0, 0.1) is 12.8 Å². The van der Waals surface area contributed by atoms with Gasteiger partial charge in [-0.2, -0.15) is 0 Å². The van der Waals surface area contributed by atoms with Crippen LogP contribution in [0.15, 0.2) is 28.7 Å². The highest BCUT2D eigenvalue weighted by molar-refractivity contribution is 5.81. The molecule has 1 aromatic heterocycles. The normalized spacial score (nSPS) is 24.7. The molecule has 1 atom stereocenters. The zero-order chi connectivity index (χ0) is 16.5. The Morgan fingerprint density at radius 3 is 2.62 bits per heavy atom. The van der Waals surface area contributed by atoms with E-state index in [0.29, 0.717) is 0 Å². The van der Waals surface area contributed by atoms with Crippen molar-refractivity contribution in [2.75, 3.05) is 26.2 Å². The van der Waals surface area contributed by atoms with Crippen molar-refractivity contribution in [2.24, 2.45) is 5.92 Å². The number of likely N-dealkylation sites (tertiary alicyclic amines) is 2. The van der Waals surface area contributed by atoms with E-state index in [1.807, 2.05) is 0 Å². The van der Waals surface area contributed by atoms with Gasteiger partial charge in [0.25, 0.3) is 0 Å². The van der Waals surface area contributed by atoms with Gasteiger partial charge < -0.3 is 9.32 Å². The number of aryl methyl sites for hydroxylation is 1. The Morgan fingerprint density at radius 1 is 1.08 bits per heavy atom. The van der Waals surface area contributed by atoms with Gasteiger partial charge in [-0.1, -0.05) is 25.1 Å². The Hall–Kier alpha value is -1.32. The van der Waals surface area contributed by atoms with Gasteiger partial charge in [-0.15, -0.1) is 0 Å². The fourth-order valence-corrected chi connectivity index (χ4v) is 4.58. The van der Waals surface area contributed by atoms with Crippen molar-refractivity contribution in [2.45, 2.75) is 52.1 Å². The first-order chi connectivity index (χ1) is 11.7. The van der Waals surface area contributed by atoms with Gasteiger partial charge in [-0.25, -0.2) is 0 Å². The lowest BCUT2D eigenvalue weighted by atomic mass is 9.95. The molecule has 0 aliphatic carbocycles. The number of piperidine rings is 2. The second-order valence-corrected chi connectivity index (χ2v) is 7.90. The maximum absolute atomic E-state index is 6.11. The molecular formula is C21H30N2O. The fraction of sp³-hybridized carbons (Fsp3) is 0.619. The summed E-state index contributed by atoms with van der Waals surface area (Å²) < 4.78 is 6.11. The smallest absolute Gasteiger partial charge is 0.134 e. The number of hydrogen-bond donors (Lipinski definition) is 0. The van der Waals surface area contributed by atoms with Crippen LogP contribution in [-0.4, -0.2) is 42.0 Å². The molecule has 1 aromatic carbocycles. The minimum absolute atomic E-state index is 0.806. The van der Waals surface area contributed by atoms with Gasteiger partial charge in [-0.3, -0.25) is 4.90 Å². The summed E-state index contributed by atoms with van der Waals surface area (Å²) in [6.07, 6.45) is 5.43. The third kappa shape index (κ3) is 3.25. The van der Waals surface area contributed by atoms with Crippen LogP contribution in [-0.2, 0) is 6.54 Å². The fourth-order valence-electron chi connectivity index (χ4n) is 4.58. The lowest BCUT2D eigenvalue weighted by molar-refractivity contribution is 0.0707. The molecule has 2 fully saturated rings. The largest absolute Gasteiger partial charge is 0.459 e. The zero-order valence-corrected chi connectivity index (χ0v) is 15.1. The summed E-state index contributed by atoms with van der Waals surface area (Å²) >= 11 is 0. The van der Waals surface area contributed by atoms with Crippen LogP contribution in [0.3, 0.4) is 0 Å². The van der Waals surface area contributed by atoms with E-state index >= 15 is 0 Å². The van der Waals surface area contributed by atoms with Crippen molar-refractivity contribution >= 4 is 11.0 Å². The molecule has 0 N–H and O–H groups in total. The molecule has 3 nitrogen and oxygen atoms in total. The van der Waals surface area contributed by atoms with Crippen LogP contribution < -0.4 is 0 Å². The van der Waals surface area contributed by atoms with Gasteiger partial charge in [0.1, 0.15) is 11.3 Å². The number of hydrogen-bond acceptors (Lipinski definition) is 3. The molecule has 2 aliphatic rings. The lowest BCUT2D eigenvalue weighted by Crippen LogP contribution is -2.47. The Morgan fingerprint density at radius 2 is 1.88 bits per heavy atom. The molecule has 130 valence electrons. The molecule has 0 amide bonds. The second kappa shape index (κ2) is 6.89. The van der Waals surface area contributed by atoms with Crippen molar-refractivity contribution in [3.05, 3.63) is 35.6 Å². The molecule has 2 saturated heterocycles. The summed E-state index contributed by atoms with van der Waals surface area (Å²) in [5.74, 6) is 2.04. The van der Waals surface area contributed by atoms with Crippen molar-refractivity contribution in [3.8, 4) is 0 Å². The molecule has 2 aromatic rings. The van der Waals surface area contributed by atoms with Crippen molar-refractivity contribution in [1.82, 2.24) is 9.80 Å². The minimum Gasteiger partial charge on any atom is -0.459 e. The number of para-hydroxylation sites is 1. The van der Waals surface area contributed by atoms with Crippen LogP contribution in [0.1, 0.15) is 43.9 Å². The monoisotopic (exact) mass is 326 g/mol. The second-order valence-electron chi connectivity index (χ2n) is 7.90. The van der Waals surface area contributed by atoms with Gasteiger partial charge in [-0.05, 0) is 56.7 Å². The van der Waals surface area contributed by atoms with Crippen LogP contribution in [0.5, 0.6) is 0 Å². The molecular weight excluding hydrogens is 296 g/mol. The molecule has 0 radical (unpaired) electrons. The van der Waals surface area contributed by atoms with Gasteiger partial charge in [0.2, 0.25) is 0 Å². The number of nitrogens with zero attached hydrogens (tertiary/aromatic N) is 2. The Kier molecular flexibility index (Phi) is 4.64. The van der Waals surface area contributed by atoms with Gasteiger partial charge in [0.05, 0.1) is 6.54 Å². The molecule has 0 spiro atoms. The van der Waals surface area contributed by atoms with E-state index in [1.54, 1.807) is 0 Å². The van der Waals surface area contributed by atoms with Crippen molar-refractivity contribution < 1.29 is 4.42 Å². The van der Waals surface area contributed by atoms with E-state index in [-0.39, 0.29) is 0 Å². The van der Waals surface area contributed by atoms with Crippen LogP contribution in [0.2, 0.25) is 0 Å². The Bertz CT molecular complexity index is 684. The highest BCUT2D eigenvalue weighted by Crippen LogP contribution is 2.28. The highest BCUT2D eigenvalue weighted by atomic mass is 16.3. The van der Waals surface area contributed by atoms with Crippen LogP contribution in [0.25, 0.3) is 11.0 Å². The standard InChI is InChI=1S/C21H30N2O/c1-16-6-5-11-23(14-16)18-9-12-22(13-10-18)15-21-17(2)19-7-3-4-8-20(19)24-21/h3-4,7-8,16,18H,5-6,9-15H2,1-2H3. The quantitative estimate of drug-likeness (QED) is 0.831. The first kappa shape index (κ1) is 16.2. The van der Waals surface area contributed by atoms with E-state index in [2.05, 4.69) is 47.9 Å². The topological polar surface area (TPSA) is 19.6 Å². The SMILES string of the molecule is Cc1c(CN2CCC(N3CCCC(C)C3)CC2)oc2ccccc12. The third-order valence-corrected chi connectivity index (χ3v) is 6.07. The van der Waals surface area contributed by atoms with Crippen LogP contribution >= 0.6 is 0 Å². The van der Waals surface area contributed by atoms with Gasteiger partial charge in [0, 0.05) is 31.1 Å². The first-order valence-electron chi connectivity index (χ1n) is 9.64. The van der Waals surface area contributed by atoms with E-state index in [4.69, 9.17) is 4.42 Å². The van der Waals surface area contributed by atoms with Crippen LogP contribution in [0.4, 0.5) is 0 Å². The number of fused-ring (bicyclic) bond motifs is 1. The summed E-state index contributed by atoms with van der Waals surface area (Å²) in [6, 6.07) is 9.21. The van der Waals surface area contributed by atoms with Crippen molar-refractivity contribution in [1.29, 1.82) is 0 Å². The van der Waals surface area contributed by atoms with Gasteiger partial charge >= 0.3 is 0 Å². The van der Waals surface area contributed by atoms with Crippen molar-refractivity contribution in [3.63, 3.8) is 0 Å². The lowest BCUT2D eigenvalue weighted by Gasteiger charge is -2.41. The summed E-state index contributed by atoms with van der Waals surface area (Å²) in [5.41, 5.74) is 2.35. The summed E-state index contributed by atoms with van der Waals surface area (Å²) in [4.78, 5) is 5.34. The summed E-state index contributed by atoms with van der Waals surface area (Å²) in [5, 5.41) is 1.27. The van der Waals surface area contributed by atoms with Gasteiger partial charge in [0.15, 0.2) is 0 Å². The predicted octanol–water partition coefficient (Wildman–Crippen LogP) is 4.44. The molecule has 1 unspecified atom stereocenters. The Balaban J connectivity index is 1.36. The zero-order valence-electron chi connectivity index (χ0n) is 15.1. The molecule has 24 heavy (non-hydrogen) atoms. The van der Waals surface area contributed by atoms with E-state index < -0.39 is 0 Å². The first-order valence-corrected chi connectivity index (χ1v) is 9.64. The Labute approximate surface area is 145 Å². The van der Waals surface area contributed by atoms with E-state index in [9.17, 15) is 0 Å². The highest BCUT2D eigenvalue weighted by Gasteiger charge is 2.28. The third-order valence-electron chi connectivity index (χ3n) is 6.07. The molecule has 3 heteroatoms. The molecule has 0 saturated carbocycles. The number of furan rings is 1. The average Bonchev–Trinajstić information content (AvgIpc) is 2.92. The van der Waals surface area contributed by atoms with E-state index in [0.717, 1.165) is 29.8 Å².